The van der Waals surface area contributed by atoms with Crippen LogP contribution in [0.25, 0.3) is 0 Å². The number of fused-ring (bicyclic) bond motifs is 7. The van der Waals surface area contributed by atoms with Crippen LogP contribution >= 0.6 is 0 Å². The van der Waals surface area contributed by atoms with Gasteiger partial charge in [-0.15, -0.1) is 0 Å². The Morgan fingerprint density at radius 1 is 1.04 bits per heavy atom. The molecule has 0 aromatic heterocycles. The van der Waals surface area contributed by atoms with Crippen molar-refractivity contribution < 1.29 is 18.1 Å². The highest BCUT2D eigenvalue weighted by atomic mass is 19.4. The number of hydrogen-bond acceptors (Lipinski definition) is 3. The molecule has 0 spiro atoms. The van der Waals surface area contributed by atoms with Crippen molar-refractivity contribution >= 4 is 11.4 Å². The van der Waals surface area contributed by atoms with Gasteiger partial charge in [-0.3, -0.25) is 10.1 Å². The van der Waals surface area contributed by atoms with Crippen LogP contribution in [0.15, 0.2) is 42.5 Å². The minimum atomic E-state index is -4.42. The normalized spacial score (nSPS) is 30.5. The Kier molecular flexibility index (Phi) is 3.73. The van der Waals surface area contributed by atoms with Gasteiger partial charge in [-0.05, 0) is 66.2 Å². The monoisotopic (exact) mass is 388 g/mol. The van der Waals surface area contributed by atoms with Crippen molar-refractivity contribution in [1.29, 1.82) is 0 Å². The van der Waals surface area contributed by atoms with Crippen molar-refractivity contribution in [2.75, 3.05) is 5.32 Å². The summed E-state index contributed by atoms with van der Waals surface area (Å²) in [4.78, 5) is 10.8. The molecule has 1 heterocycles. The Labute approximate surface area is 159 Å². The molecule has 146 valence electrons. The molecule has 0 saturated heterocycles. The molecule has 2 saturated carbocycles. The Hall–Kier alpha value is -2.57. The van der Waals surface area contributed by atoms with E-state index in [4.69, 9.17) is 0 Å². The van der Waals surface area contributed by atoms with Crippen LogP contribution in [0.1, 0.15) is 47.9 Å². The lowest BCUT2D eigenvalue weighted by Gasteiger charge is -2.44. The summed E-state index contributed by atoms with van der Waals surface area (Å²) in [6.45, 7) is 0. The van der Waals surface area contributed by atoms with Gasteiger partial charge in [-0.25, -0.2) is 0 Å². The highest BCUT2D eigenvalue weighted by molar-refractivity contribution is 5.62. The summed E-state index contributed by atoms with van der Waals surface area (Å²) in [7, 11) is 0. The molecule has 2 aromatic carbocycles. The molecule has 0 unspecified atom stereocenters. The summed E-state index contributed by atoms with van der Waals surface area (Å²) in [6.07, 6.45) is -1.37. The second-order valence-electron chi connectivity index (χ2n) is 8.17. The molecule has 2 aliphatic carbocycles. The van der Waals surface area contributed by atoms with Gasteiger partial charge in [0.05, 0.1) is 16.5 Å². The molecule has 5 atom stereocenters. The number of alkyl halides is 3. The molecule has 7 heteroatoms. The summed E-state index contributed by atoms with van der Waals surface area (Å²) >= 11 is 0. The molecule has 0 radical (unpaired) electrons. The molecule has 5 rings (SSSR count). The van der Waals surface area contributed by atoms with Crippen molar-refractivity contribution in [1.82, 2.24) is 0 Å². The Bertz CT molecular complexity index is 959. The molecule has 2 fully saturated rings. The lowest BCUT2D eigenvalue weighted by molar-refractivity contribution is -0.384. The summed E-state index contributed by atoms with van der Waals surface area (Å²) in [5.74, 6) is 0.831. The average Bonchev–Trinajstić information content (AvgIpc) is 3.28. The standard InChI is InChI=1S/C21H19F3N2O2/c22-21(23,24)16-4-2-1-3-14(16)20-19-12-6-5-11(9-12)18(19)15-10-13(26(27)28)7-8-17(15)25-20/h1-4,7-8,10-12,18-20,25H,5-6,9H2/t11-,12-,18-,19-,20-/m0/s1. The van der Waals surface area contributed by atoms with Crippen LogP contribution in [0.4, 0.5) is 24.5 Å². The maximum atomic E-state index is 13.7. The van der Waals surface area contributed by atoms with E-state index < -0.39 is 22.7 Å². The molecule has 4 nitrogen and oxygen atoms in total. The van der Waals surface area contributed by atoms with Crippen molar-refractivity contribution in [2.45, 2.75) is 37.4 Å². The molecule has 28 heavy (non-hydrogen) atoms. The van der Waals surface area contributed by atoms with Crippen LogP contribution < -0.4 is 5.32 Å². The smallest absolute Gasteiger partial charge is 0.378 e. The Morgan fingerprint density at radius 2 is 1.79 bits per heavy atom. The third kappa shape index (κ3) is 2.52. The van der Waals surface area contributed by atoms with E-state index in [1.165, 1.54) is 12.1 Å². The van der Waals surface area contributed by atoms with E-state index in [1.807, 2.05) is 0 Å². The molecular formula is C21H19F3N2O2. The zero-order chi connectivity index (χ0) is 19.6. The maximum absolute atomic E-state index is 13.7. The summed E-state index contributed by atoms with van der Waals surface area (Å²) in [5.41, 5.74) is 1.34. The first-order valence-electron chi connectivity index (χ1n) is 9.55. The van der Waals surface area contributed by atoms with Gasteiger partial charge in [0.25, 0.3) is 5.69 Å². The zero-order valence-corrected chi connectivity index (χ0v) is 14.9. The first kappa shape index (κ1) is 17.5. The number of hydrogen-bond donors (Lipinski definition) is 1. The van der Waals surface area contributed by atoms with Crippen molar-refractivity contribution in [2.24, 2.45) is 17.8 Å². The highest BCUT2D eigenvalue weighted by Crippen LogP contribution is 2.64. The summed E-state index contributed by atoms with van der Waals surface area (Å²) in [5, 5.41) is 14.6. The van der Waals surface area contributed by atoms with Gasteiger partial charge >= 0.3 is 6.18 Å². The fourth-order valence-electron chi connectivity index (χ4n) is 5.92. The quantitative estimate of drug-likeness (QED) is 0.514. The van der Waals surface area contributed by atoms with Crippen LogP contribution in [0.2, 0.25) is 0 Å². The van der Waals surface area contributed by atoms with Gasteiger partial charge in [0.1, 0.15) is 0 Å². The van der Waals surface area contributed by atoms with Crippen LogP contribution in [-0.4, -0.2) is 4.92 Å². The van der Waals surface area contributed by atoms with Crippen molar-refractivity contribution in [3.63, 3.8) is 0 Å². The largest absolute Gasteiger partial charge is 0.416 e. The van der Waals surface area contributed by atoms with Gasteiger partial charge in [-0.1, -0.05) is 18.2 Å². The number of nitrogens with one attached hydrogen (secondary N) is 1. The third-order valence-corrected chi connectivity index (χ3v) is 6.88. The fraction of sp³-hybridized carbons (Fsp3) is 0.429. The van der Waals surface area contributed by atoms with Crippen molar-refractivity contribution in [3.8, 4) is 0 Å². The van der Waals surface area contributed by atoms with E-state index >= 15 is 0 Å². The Balaban J connectivity index is 1.65. The SMILES string of the molecule is O=[N+]([O-])c1ccc2c(c1)[C@@H]1[C@H]3CC[C@@H](C3)[C@@H]1[C@H](c1ccccc1C(F)(F)F)N2. The number of non-ortho nitro benzene ring substituents is 1. The van der Waals surface area contributed by atoms with Crippen molar-refractivity contribution in [3.05, 3.63) is 69.3 Å². The Morgan fingerprint density at radius 3 is 2.54 bits per heavy atom. The van der Waals surface area contributed by atoms with Gasteiger partial charge in [0, 0.05) is 17.8 Å². The molecule has 2 aromatic rings. The second kappa shape index (κ2) is 5.96. The number of rotatable bonds is 2. The van der Waals surface area contributed by atoms with Crippen LogP contribution in [0, 0.1) is 27.9 Å². The van der Waals surface area contributed by atoms with E-state index in [1.54, 1.807) is 24.3 Å². The van der Waals surface area contributed by atoms with Gasteiger partial charge in [-0.2, -0.15) is 13.2 Å². The summed E-state index contributed by atoms with van der Waals surface area (Å²) < 4.78 is 41.0. The topological polar surface area (TPSA) is 55.2 Å². The van der Waals surface area contributed by atoms with Crippen LogP contribution in [0.3, 0.4) is 0 Å². The van der Waals surface area contributed by atoms with E-state index in [-0.39, 0.29) is 23.1 Å². The van der Waals surface area contributed by atoms with Crippen LogP contribution in [0.5, 0.6) is 0 Å². The first-order chi connectivity index (χ1) is 13.3. The van der Waals surface area contributed by atoms with E-state index in [9.17, 15) is 23.3 Å². The van der Waals surface area contributed by atoms with E-state index in [2.05, 4.69) is 5.32 Å². The number of nitrogens with zero attached hydrogens (tertiary/aromatic N) is 1. The molecule has 3 aliphatic rings. The average molecular weight is 388 g/mol. The predicted molar refractivity (Wildman–Crippen MR) is 98.0 cm³/mol. The van der Waals surface area contributed by atoms with Gasteiger partial charge in [0.15, 0.2) is 0 Å². The maximum Gasteiger partial charge on any atom is 0.416 e. The molecular weight excluding hydrogens is 369 g/mol. The fourth-order valence-corrected chi connectivity index (χ4v) is 5.92. The zero-order valence-electron chi connectivity index (χ0n) is 14.9. The molecule has 1 aliphatic heterocycles. The number of anilines is 1. The predicted octanol–water partition coefficient (Wildman–Crippen LogP) is 5.91. The minimum absolute atomic E-state index is 0.0248. The highest BCUT2D eigenvalue weighted by Gasteiger charge is 2.55. The number of halogens is 3. The lowest BCUT2D eigenvalue weighted by Crippen LogP contribution is -2.36. The number of nitro benzene ring substituents is 1. The van der Waals surface area contributed by atoms with E-state index in [0.717, 1.165) is 36.6 Å². The minimum Gasteiger partial charge on any atom is -0.378 e. The second-order valence-corrected chi connectivity index (χ2v) is 8.17. The number of benzene rings is 2. The van der Waals surface area contributed by atoms with Gasteiger partial charge < -0.3 is 5.32 Å². The molecule has 2 bridgehead atoms. The lowest BCUT2D eigenvalue weighted by atomic mass is 9.67. The number of nitro groups is 1. The summed E-state index contributed by atoms with van der Waals surface area (Å²) in [6, 6.07) is 10.0. The third-order valence-electron chi connectivity index (χ3n) is 6.88. The van der Waals surface area contributed by atoms with Gasteiger partial charge in [0.2, 0.25) is 0 Å². The first-order valence-corrected chi connectivity index (χ1v) is 9.55. The molecule has 0 amide bonds. The molecule has 1 N–H and O–H groups in total. The van der Waals surface area contributed by atoms with Crippen LogP contribution in [-0.2, 0) is 6.18 Å². The van der Waals surface area contributed by atoms with E-state index in [0.29, 0.717) is 11.8 Å².